The molecule has 0 atom stereocenters. The number of fused-ring (bicyclic) bond motifs is 2. The van der Waals surface area contributed by atoms with Crippen LogP contribution in [0.2, 0.25) is 15.5 Å². The van der Waals surface area contributed by atoms with E-state index in [9.17, 15) is 9.59 Å². The Kier molecular flexibility index (Phi) is 25.5. The van der Waals surface area contributed by atoms with Crippen LogP contribution in [-0.4, -0.2) is 59.2 Å². The molecule has 4 aliphatic rings. The number of hydrogen-bond donors (Lipinski definition) is 5. The molecule has 4 aliphatic carbocycles. The maximum Gasteiger partial charge on any atom is 0.412 e. The number of nitrogens with zero attached hydrogens (tertiary/aromatic N) is 4. The minimum absolute atomic E-state index is 0.350. The third-order valence-corrected chi connectivity index (χ3v) is 14.4. The van der Waals surface area contributed by atoms with Gasteiger partial charge in [0.2, 0.25) is 0 Å². The number of carbonyl (C=O) groups excluding carboxylic acids is 2. The molecule has 0 saturated heterocycles. The number of aromatic amines is 2. The monoisotopic (exact) mass is 1250 g/mol. The van der Waals surface area contributed by atoms with E-state index in [4.69, 9.17) is 74.5 Å². The first-order valence-electron chi connectivity index (χ1n) is 26.4. The molecular formula is C60H72Cl4IN9O4. The highest BCUT2D eigenvalue weighted by molar-refractivity contribution is 14.1. The molecule has 4 fully saturated rings. The molecule has 6 aromatic heterocycles. The summed E-state index contributed by atoms with van der Waals surface area (Å²) in [6, 6.07) is 11.6. The van der Waals surface area contributed by atoms with Crippen molar-refractivity contribution in [1.29, 1.82) is 0 Å². The molecule has 0 aliphatic heterocycles. The molecule has 0 spiro atoms. The Morgan fingerprint density at radius 2 is 1.14 bits per heavy atom. The van der Waals surface area contributed by atoms with Gasteiger partial charge in [-0.15, -0.1) is 36.3 Å². The van der Waals surface area contributed by atoms with Gasteiger partial charge in [0, 0.05) is 49.9 Å². The Hall–Kier alpha value is -5.41. The number of terminal acetylenes is 2. The molecule has 13 nitrogen and oxygen atoms in total. The molecule has 4 saturated carbocycles. The molecule has 0 aromatic carbocycles. The van der Waals surface area contributed by atoms with Gasteiger partial charge in [-0.2, -0.15) is 0 Å². The second-order valence-corrected chi connectivity index (χ2v) is 24.0. The van der Waals surface area contributed by atoms with Gasteiger partial charge in [-0.05, 0) is 177 Å². The number of H-pyrrole nitrogens is 2. The number of nitrogens with one attached hydrogen (secondary N) is 4. The SMILES string of the molecule is C#CC1CCC1.C#CCCCCCl.CC(C)(C)OC(=O)Nc1cnc(Cl)cc1C#CC1CCC1.CC(C)(C)OC(=O)Nc1cnc(Cl)cc1I.Clc1cc2cc(C3CCC3)[nH]c2cn1.Nc1cc2cc(C3CCC3)[nH]c2cn1. The summed E-state index contributed by atoms with van der Waals surface area (Å²) < 4.78 is 11.1. The lowest BCUT2D eigenvalue weighted by Gasteiger charge is -2.23. The highest BCUT2D eigenvalue weighted by atomic mass is 127. The van der Waals surface area contributed by atoms with Gasteiger partial charge < -0.3 is 25.2 Å². The zero-order chi connectivity index (χ0) is 56.8. The molecule has 78 heavy (non-hydrogen) atoms. The van der Waals surface area contributed by atoms with Crippen molar-refractivity contribution >= 4 is 120 Å². The van der Waals surface area contributed by atoms with Crippen LogP contribution in [0.3, 0.4) is 0 Å². The lowest BCUT2D eigenvalue weighted by Crippen LogP contribution is -2.27. The van der Waals surface area contributed by atoms with E-state index in [-0.39, 0.29) is 0 Å². The van der Waals surface area contributed by atoms with Crippen molar-refractivity contribution in [1.82, 2.24) is 29.9 Å². The zero-order valence-electron chi connectivity index (χ0n) is 45.4. The average Bonchev–Trinajstić information content (AvgIpc) is 3.89. The molecule has 0 radical (unpaired) electrons. The molecule has 6 aromatic rings. The maximum atomic E-state index is 11.8. The number of hydrogen-bond acceptors (Lipinski definition) is 9. The summed E-state index contributed by atoms with van der Waals surface area (Å²) in [5, 5.41) is 8.93. The van der Waals surface area contributed by atoms with Crippen molar-refractivity contribution < 1.29 is 19.1 Å². The third kappa shape index (κ3) is 22.4. The van der Waals surface area contributed by atoms with Crippen molar-refractivity contribution in [3.63, 3.8) is 0 Å². The van der Waals surface area contributed by atoms with Crippen LogP contribution in [-0.2, 0) is 9.47 Å². The smallest absolute Gasteiger partial charge is 0.412 e. The third-order valence-electron chi connectivity index (χ3n) is 12.7. The lowest BCUT2D eigenvalue weighted by molar-refractivity contribution is 0.0624. The molecule has 0 unspecified atom stereocenters. The van der Waals surface area contributed by atoms with Crippen molar-refractivity contribution in [3.8, 4) is 36.5 Å². The number of alkyl halides is 1. The minimum Gasteiger partial charge on any atom is -0.444 e. The quantitative estimate of drug-likeness (QED) is 0.0341. The van der Waals surface area contributed by atoms with Gasteiger partial charge >= 0.3 is 12.2 Å². The Bertz CT molecular complexity index is 2960. The topological polar surface area (TPSA) is 186 Å². The summed E-state index contributed by atoms with van der Waals surface area (Å²) in [5.41, 5.74) is 11.2. The van der Waals surface area contributed by atoms with E-state index in [1.54, 1.807) is 39.1 Å². The number of pyridine rings is 4. The summed E-state index contributed by atoms with van der Waals surface area (Å²) in [5.74, 6) is 15.4. The number of amides is 2. The van der Waals surface area contributed by atoms with Gasteiger partial charge in [0.15, 0.2) is 0 Å². The van der Waals surface area contributed by atoms with E-state index >= 15 is 0 Å². The standard InChI is InChI=1S/C16H19ClN2O2.C11H11ClN2.C11H13N3.C10H12ClIN2O2.C6H9Cl.C6H8/c1-16(2,3)21-15(20)19-13-10-18-14(17)9-12(13)8-7-11-5-4-6-11;2*12-11-5-8-4-9(7-2-1-3-7)14-10(8)6-13-11;1-10(2,3)16-9(15)14-7-5-13-8(11)4-6(7)12;1-2-3-4-5-6-7;1-2-6-4-3-5-6/h9-11H,4-6H2,1-3H3,(H,19,20);4-7,14H,1-3H2;4-7,14H,1-3H2,(H2,12,13);4-5H,1-3H3,(H,14,15);1H,3-6H2;1,6H,3-5H2. The van der Waals surface area contributed by atoms with Gasteiger partial charge in [-0.25, -0.2) is 29.5 Å². The van der Waals surface area contributed by atoms with E-state index in [2.05, 4.69) is 98.9 Å². The second kappa shape index (κ2) is 31.4. The Balaban J connectivity index is 0.000000179. The van der Waals surface area contributed by atoms with Crippen molar-refractivity contribution in [2.24, 2.45) is 11.8 Å². The molecule has 6 heterocycles. The number of nitrogens with two attached hydrogens (primary N) is 1. The number of halogens is 5. The molecule has 416 valence electrons. The van der Waals surface area contributed by atoms with E-state index in [1.165, 1.54) is 98.8 Å². The summed E-state index contributed by atoms with van der Waals surface area (Å²) in [4.78, 5) is 46.1. The first-order chi connectivity index (χ1) is 37.1. The summed E-state index contributed by atoms with van der Waals surface area (Å²) >= 11 is 24.9. The largest absolute Gasteiger partial charge is 0.444 e. The van der Waals surface area contributed by atoms with E-state index in [0.29, 0.717) is 50.1 Å². The maximum absolute atomic E-state index is 11.8. The fraction of sp³-hybridized carbons (Fsp3) is 0.467. The first kappa shape index (κ1) is 63.4. The number of ether oxygens (including phenoxy) is 2. The minimum atomic E-state index is -0.554. The van der Waals surface area contributed by atoms with E-state index in [0.717, 1.165) is 64.4 Å². The molecule has 18 heteroatoms. The van der Waals surface area contributed by atoms with E-state index < -0.39 is 23.4 Å². The van der Waals surface area contributed by atoms with Crippen molar-refractivity contribution in [2.75, 3.05) is 22.2 Å². The normalized spacial score (nSPS) is 14.8. The molecular weight excluding hydrogens is 1180 g/mol. The van der Waals surface area contributed by atoms with Gasteiger partial charge in [0.1, 0.15) is 32.5 Å². The summed E-state index contributed by atoms with van der Waals surface area (Å²) in [6.45, 7) is 10.8. The van der Waals surface area contributed by atoms with Crippen LogP contribution < -0.4 is 16.4 Å². The van der Waals surface area contributed by atoms with Crippen LogP contribution >= 0.6 is 69.0 Å². The number of carbonyl (C=O) groups is 2. The predicted octanol–water partition coefficient (Wildman–Crippen LogP) is 17.3. The Morgan fingerprint density at radius 3 is 1.59 bits per heavy atom. The van der Waals surface area contributed by atoms with Crippen LogP contribution in [0.5, 0.6) is 0 Å². The number of aromatic nitrogens is 6. The van der Waals surface area contributed by atoms with Crippen LogP contribution in [0.4, 0.5) is 26.8 Å². The number of nitrogen functional groups attached to an aromatic ring is 1. The van der Waals surface area contributed by atoms with Crippen LogP contribution in [0.25, 0.3) is 21.8 Å². The van der Waals surface area contributed by atoms with Crippen molar-refractivity contribution in [3.05, 3.63) is 97.2 Å². The number of rotatable bonds is 7. The first-order valence-corrected chi connectivity index (χ1v) is 29.2. The van der Waals surface area contributed by atoms with Gasteiger partial charge in [-0.3, -0.25) is 10.6 Å². The van der Waals surface area contributed by atoms with E-state index in [1.807, 2.05) is 39.1 Å². The number of unbranched alkanes of at least 4 members (excludes halogenated alkanes) is 2. The fourth-order valence-electron chi connectivity index (χ4n) is 7.56. The molecule has 10 rings (SSSR count). The predicted molar refractivity (Wildman–Crippen MR) is 330 cm³/mol. The second-order valence-electron chi connectivity index (χ2n) is 21.3. The zero-order valence-corrected chi connectivity index (χ0v) is 50.6. The Labute approximate surface area is 494 Å². The summed E-state index contributed by atoms with van der Waals surface area (Å²) in [6.07, 6.45) is 34.0. The molecule has 2 amide bonds. The van der Waals surface area contributed by atoms with Crippen molar-refractivity contribution in [2.45, 2.75) is 161 Å². The molecule has 6 N–H and O–H groups in total. The lowest BCUT2D eigenvalue weighted by atomic mass is 9.83. The highest BCUT2D eigenvalue weighted by Gasteiger charge is 2.23. The average molecular weight is 1250 g/mol. The van der Waals surface area contributed by atoms with Gasteiger partial charge in [-0.1, -0.05) is 72.3 Å². The Morgan fingerprint density at radius 1 is 0.667 bits per heavy atom. The number of anilines is 3. The summed E-state index contributed by atoms with van der Waals surface area (Å²) in [7, 11) is 0. The molecule has 0 bridgehead atoms. The van der Waals surface area contributed by atoms with Crippen LogP contribution in [0.15, 0.2) is 61.2 Å². The highest BCUT2D eigenvalue weighted by Crippen LogP contribution is 2.38. The van der Waals surface area contributed by atoms with Gasteiger partial charge in [0.25, 0.3) is 0 Å². The van der Waals surface area contributed by atoms with Crippen LogP contribution in [0, 0.1) is 51.9 Å². The van der Waals surface area contributed by atoms with Crippen LogP contribution in [0.1, 0.15) is 167 Å². The fourth-order valence-corrected chi connectivity index (χ4v) is 8.99. The van der Waals surface area contributed by atoms with Gasteiger partial charge in [0.05, 0.1) is 52.8 Å².